The number of amides is 1. The Hall–Kier alpha value is -2.67. The molecule has 1 saturated heterocycles. The third-order valence-corrected chi connectivity index (χ3v) is 4.05. The van der Waals surface area contributed by atoms with Crippen LogP contribution in [0.2, 0.25) is 0 Å². The minimum absolute atomic E-state index is 0.0681. The standard InChI is InChI=1S/C13H15N3O.C6H4/c1-4-10-6-8-14-12(15-10)16-9-13(2,3)7-5-11(16)17;1-2-5-4-6(5)3-1/h1,6,8H,5,7,9H2,2-3H3;1-4H. The summed E-state index contributed by atoms with van der Waals surface area (Å²) in [4.78, 5) is 21.8. The van der Waals surface area contributed by atoms with Gasteiger partial charge in [-0.1, -0.05) is 38.0 Å². The van der Waals surface area contributed by atoms with Gasteiger partial charge in [0.05, 0.1) is 0 Å². The highest BCUT2D eigenvalue weighted by Crippen LogP contribution is 2.32. The second-order valence-electron chi connectivity index (χ2n) is 6.61. The third kappa shape index (κ3) is 3.57. The zero-order valence-electron chi connectivity index (χ0n) is 13.4. The molecule has 0 aromatic carbocycles. The van der Waals surface area contributed by atoms with E-state index < -0.39 is 0 Å². The number of hydrogen-bond acceptors (Lipinski definition) is 3. The lowest BCUT2D eigenvalue weighted by molar-refractivity contribution is -0.121. The van der Waals surface area contributed by atoms with Gasteiger partial charge in [-0.15, -0.1) is 6.42 Å². The van der Waals surface area contributed by atoms with Crippen molar-refractivity contribution >= 4 is 11.9 Å². The van der Waals surface area contributed by atoms with E-state index in [0.717, 1.165) is 6.42 Å². The van der Waals surface area contributed by atoms with Gasteiger partial charge in [0, 0.05) is 19.2 Å². The number of benzene rings is 1. The van der Waals surface area contributed by atoms with Gasteiger partial charge in [-0.2, -0.15) is 0 Å². The van der Waals surface area contributed by atoms with Crippen LogP contribution in [0.3, 0.4) is 0 Å². The number of aromatic nitrogens is 2. The van der Waals surface area contributed by atoms with Gasteiger partial charge in [0.15, 0.2) is 0 Å². The molecule has 4 rings (SSSR count). The molecule has 0 spiro atoms. The van der Waals surface area contributed by atoms with Gasteiger partial charge in [0.2, 0.25) is 11.9 Å². The van der Waals surface area contributed by atoms with E-state index in [1.807, 2.05) is 0 Å². The van der Waals surface area contributed by atoms with E-state index in [0.29, 0.717) is 24.6 Å². The van der Waals surface area contributed by atoms with Crippen LogP contribution in [0.15, 0.2) is 36.5 Å². The number of fused-ring (bicyclic) bond motifs is 1. The fraction of sp³-hybridized carbons (Fsp3) is 0.316. The molecule has 1 amide bonds. The second-order valence-corrected chi connectivity index (χ2v) is 6.61. The summed E-state index contributed by atoms with van der Waals surface area (Å²) in [6.45, 7) is 4.91. The molecule has 1 fully saturated rings. The molecule has 4 nitrogen and oxygen atoms in total. The van der Waals surface area contributed by atoms with E-state index in [1.165, 1.54) is 11.1 Å². The third-order valence-electron chi connectivity index (χ3n) is 4.05. The van der Waals surface area contributed by atoms with Gasteiger partial charge in [-0.25, -0.2) is 9.97 Å². The molecule has 2 heterocycles. The zero-order chi connectivity index (χ0) is 16.4. The normalized spacial score (nSPS) is 16.9. The zero-order valence-corrected chi connectivity index (χ0v) is 13.4. The monoisotopic (exact) mass is 305 g/mol. The number of carbonyl (C=O) groups excluding carboxylic acids is 1. The van der Waals surface area contributed by atoms with Crippen LogP contribution in [-0.2, 0) is 4.79 Å². The van der Waals surface area contributed by atoms with Crippen molar-refractivity contribution in [2.75, 3.05) is 11.4 Å². The predicted octanol–water partition coefficient (Wildman–Crippen LogP) is 3.28. The van der Waals surface area contributed by atoms with Crippen LogP contribution in [0.4, 0.5) is 5.95 Å². The van der Waals surface area contributed by atoms with Crippen molar-refractivity contribution in [3.63, 3.8) is 0 Å². The lowest BCUT2D eigenvalue weighted by atomic mass is 9.84. The highest BCUT2D eigenvalue weighted by atomic mass is 16.2. The number of nitrogens with zero attached hydrogens (tertiary/aromatic N) is 3. The van der Waals surface area contributed by atoms with Crippen LogP contribution in [0.5, 0.6) is 0 Å². The minimum atomic E-state index is 0.0681. The Morgan fingerprint density at radius 3 is 2.57 bits per heavy atom. The summed E-state index contributed by atoms with van der Waals surface area (Å²) < 4.78 is 0. The molecule has 23 heavy (non-hydrogen) atoms. The molecule has 0 unspecified atom stereocenters. The second kappa shape index (κ2) is 5.85. The molecule has 0 saturated carbocycles. The first-order valence-electron chi connectivity index (χ1n) is 7.69. The maximum atomic E-state index is 11.9. The first-order chi connectivity index (χ1) is 11.0. The molecular formula is C19H19N3O. The molecule has 116 valence electrons. The highest BCUT2D eigenvalue weighted by Gasteiger charge is 2.33. The van der Waals surface area contributed by atoms with Crippen molar-refractivity contribution in [2.24, 2.45) is 5.41 Å². The lowest BCUT2D eigenvalue weighted by Crippen LogP contribution is -2.44. The molecule has 4 heteroatoms. The van der Waals surface area contributed by atoms with Crippen molar-refractivity contribution < 1.29 is 4.79 Å². The highest BCUT2D eigenvalue weighted by molar-refractivity contribution is 5.92. The number of anilines is 1. The number of piperidine rings is 1. The Kier molecular flexibility index (Phi) is 3.87. The molecule has 0 bridgehead atoms. The average molecular weight is 305 g/mol. The summed E-state index contributed by atoms with van der Waals surface area (Å²) in [5.41, 5.74) is 3.46. The van der Waals surface area contributed by atoms with Crippen molar-refractivity contribution in [1.82, 2.24) is 9.97 Å². The van der Waals surface area contributed by atoms with Gasteiger partial charge >= 0.3 is 0 Å². The quantitative estimate of drug-likeness (QED) is 0.648. The molecule has 0 radical (unpaired) electrons. The van der Waals surface area contributed by atoms with Crippen molar-refractivity contribution in [3.8, 4) is 23.5 Å². The van der Waals surface area contributed by atoms with Crippen LogP contribution < -0.4 is 4.90 Å². The Balaban J connectivity index is 0.000000213. The minimum Gasteiger partial charge on any atom is -0.280 e. The molecule has 1 aromatic heterocycles. The van der Waals surface area contributed by atoms with Gasteiger partial charge in [-0.3, -0.25) is 9.69 Å². The summed E-state index contributed by atoms with van der Waals surface area (Å²) in [7, 11) is 0. The van der Waals surface area contributed by atoms with Crippen molar-refractivity contribution in [1.29, 1.82) is 0 Å². The summed E-state index contributed by atoms with van der Waals surface area (Å²) >= 11 is 0. The number of hydrogen-bond donors (Lipinski definition) is 0. The van der Waals surface area contributed by atoms with E-state index in [-0.39, 0.29) is 11.3 Å². The Morgan fingerprint density at radius 2 is 2.00 bits per heavy atom. The Morgan fingerprint density at radius 1 is 1.26 bits per heavy atom. The Labute approximate surface area is 136 Å². The predicted molar refractivity (Wildman–Crippen MR) is 90.8 cm³/mol. The van der Waals surface area contributed by atoms with Crippen LogP contribution in [-0.4, -0.2) is 22.4 Å². The average Bonchev–Trinajstić information content (AvgIpc) is 3.16. The van der Waals surface area contributed by atoms with Gasteiger partial charge in [0.1, 0.15) is 5.69 Å². The van der Waals surface area contributed by atoms with Crippen LogP contribution in [0.25, 0.3) is 11.1 Å². The maximum Gasteiger partial charge on any atom is 0.233 e. The molecule has 3 aliphatic rings. The lowest BCUT2D eigenvalue weighted by Gasteiger charge is -2.36. The summed E-state index contributed by atoms with van der Waals surface area (Å²) in [6, 6.07) is 10.1. The molecule has 0 N–H and O–H groups in total. The SMILES string of the molecule is C#Cc1ccnc(N2CC(C)(C)CCC2=O)n1.c1cc2cc-2c1. The Bertz CT molecular complexity index is 772. The molecule has 1 aromatic rings. The van der Waals surface area contributed by atoms with E-state index in [4.69, 9.17) is 6.42 Å². The summed E-state index contributed by atoms with van der Waals surface area (Å²) in [6.07, 6.45) is 8.32. The van der Waals surface area contributed by atoms with Crippen LogP contribution >= 0.6 is 0 Å². The van der Waals surface area contributed by atoms with Crippen LogP contribution in [0, 0.1) is 17.8 Å². The van der Waals surface area contributed by atoms with E-state index in [2.05, 4.69) is 54.0 Å². The van der Waals surface area contributed by atoms with Gasteiger partial charge < -0.3 is 0 Å². The largest absolute Gasteiger partial charge is 0.280 e. The van der Waals surface area contributed by atoms with E-state index in [9.17, 15) is 4.79 Å². The van der Waals surface area contributed by atoms with E-state index in [1.54, 1.807) is 17.2 Å². The fourth-order valence-electron chi connectivity index (χ4n) is 2.59. The molecule has 0 atom stereocenters. The maximum absolute atomic E-state index is 11.9. The van der Waals surface area contributed by atoms with Crippen molar-refractivity contribution in [3.05, 3.63) is 42.2 Å². The first kappa shape index (κ1) is 15.2. The van der Waals surface area contributed by atoms with Crippen LogP contribution in [0.1, 0.15) is 32.4 Å². The summed E-state index contributed by atoms with van der Waals surface area (Å²) in [5, 5.41) is 0. The van der Waals surface area contributed by atoms with Gasteiger partial charge in [0.25, 0.3) is 0 Å². The number of carbonyl (C=O) groups is 1. The fourth-order valence-corrected chi connectivity index (χ4v) is 2.59. The number of rotatable bonds is 1. The smallest absolute Gasteiger partial charge is 0.233 e. The molecular weight excluding hydrogens is 286 g/mol. The molecule has 2 aliphatic carbocycles. The summed E-state index contributed by atoms with van der Waals surface area (Å²) in [5.74, 6) is 2.94. The van der Waals surface area contributed by atoms with Crippen molar-refractivity contribution in [2.45, 2.75) is 26.7 Å². The first-order valence-corrected chi connectivity index (χ1v) is 7.69. The van der Waals surface area contributed by atoms with Gasteiger partial charge in [-0.05, 0) is 35.1 Å². The van der Waals surface area contributed by atoms with E-state index >= 15 is 0 Å². The molecule has 1 aliphatic heterocycles. The number of terminal acetylenes is 1. The topological polar surface area (TPSA) is 46.1 Å².